The third kappa shape index (κ3) is 5.84. The van der Waals surface area contributed by atoms with E-state index in [0.29, 0.717) is 29.8 Å². The molecule has 5 nitrogen and oxygen atoms in total. The first-order valence-electron chi connectivity index (χ1n) is 9.38. The lowest BCUT2D eigenvalue weighted by atomic mass is 9.96. The average Bonchev–Trinajstić information content (AvgIpc) is 2.75. The van der Waals surface area contributed by atoms with Gasteiger partial charge in [0.1, 0.15) is 11.5 Å². The number of benzene rings is 2. The summed E-state index contributed by atoms with van der Waals surface area (Å²) in [6.45, 7) is 2.69. The molecule has 0 bridgehead atoms. The molecule has 1 N–H and O–H groups in total. The summed E-state index contributed by atoms with van der Waals surface area (Å²) in [5, 5.41) is 2.95. The smallest absolute Gasteiger partial charge is 0.257 e. The van der Waals surface area contributed by atoms with Crippen LogP contribution in [-0.4, -0.2) is 24.0 Å². The van der Waals surface area contributed by atoms with Crippen molar-refractivity contribution in [2.24, 2.45) is 0 Å². The molecule has 0 aliphatic carbocycles. The van der Waals surface area contributed by atoms with Gasteiger partial charge < -0.3 is 14.8 Å². The van der Waals surface area contributed by atoms with Crippen molar-refractivity contribution in [2.45, 2.75) is 19.3 Å². The van der Waals surface area contributed by atoms with E-state index < -0.39 is 0 Å². The Kier molecular flexibility index (Phi) is 7.01. The summed E-state index contributed by atoms with van der Waals surface area (Å²) in [6.07, 6.45) is 2.63. The van der Waals surface area contributed by atoms with Crippen LogP contribution >= 0.6 is 0 Å². The summed E-state index contributed by atoms with van der Waals surface area (Å²) in [4.78, 5) is 16.2. The number of amides is 1. The predicted octanol–water partition coefficient (Wildman–Crippen LogP) is 4.56. The molecule has 144 valence electrons. The van der Waals surface area contributed by atoms with Crippen molar-refractivity contribution in [3.05, 3.63) is 84.6 Å². The van der Waals surface area contributed by atoms with Crippen LogP contribution in [0.4, 0.5) is 0 Å². The maximum Gasteiger partial charge on any atom is 0.257 e. The van der Waals surface area contributed by atoms with Crippen LogP contribution in [-0.2, 0) is 4.79 Å². The van der Waals surface area contributed by atoms with Crippen LogP contribution in [0.2, 0.25) is 0 Å². The van der Waals surface area contributed by atoms with Crippen LogP contribution in [0, 0.1) is 0 Å². The van der Waals surface area contributed by atoms with Gasteiger partial charge in [0.05, 0.1) is 0 Å². The Hall–Kier alpha value is -3.34. The van der Waals surface area contributed by atoms with E-state index in [-0.39, 0.29) is 12.5 Å². The number of ether oxygens (including phenoxy) is 2. The molecule has 2 aromatic carbocycles. The molecule has 0 saturated carbocycles. The van der Waals surface area contributed by atoms with Crippen LogP contribution in [0.25, 0.3) is 0 Å². The second kappa shape index (κ2) is 10.1. The molecule has 28 heavy (non-hydrogen) atoms. The molecular weight excluding hydrogens is 352 g/mol. The van der Waals surface area contributed by atoms with Crippen molar-refractivity contribution in [3.63, 3.8) is 0 Å². The fraction of sp³-hybridized carbons (Fsp3) is 0.217. The third-order valence-corrected chi connectivity index (χ3v) is 4.36. The zero-order chi connectivity index (χ0) is 19.6. The van der Waals surface area contributed by atoms with Crippen molar-refractivity contribution >= 4 is 5.91 Å². The Balaban J connectivity index is 1.44. The highest BCUT2D eigenvalue weighted by Crippen LogP contribution is 2.22. The van der Waals surface area contributed by atoms with E-state index in [1.807, 2.05) is 30.3 Å². The molecular formula is C23H24N2O3. The van der Waals surface area contributed by atoms with E-state index in [0.717, 1.165) is 6.42 Å². The van der Waals surface area contributed by atoms with Gasteiger partial charge in [0, 0.05) is 24.7 Å². The fourth-order valence-corrected chi connectivity index (χ4v) is 2.79. The van der Waals surface area contributed by atoms with Gasteiger partial charge in [0.2, 0.25) is 5.88 Å². The molecule has 1 heterocycles. The highest BCUT2D eigenvalue weighted by molar-refractivity contribution is 5.77. The van der Waals surface area contributed by atoms with E-state index in [1.54, 1.807) is 36.5 Å². The first kappa shape index (κ1) is 19.4. The quantitative estimate of drug-likeness (QED) is 0.595. The minimum atomic E-state index is -0.136. The molecule has 0 spiro atoms. The van der Waals surface area contributed by atoms with Crippen molar-refractivity contribution in [1.82, 2.24) is 10.3 Å². The summed E-state index contributed by atoms with van der Waals surface area (Å²) in [6, 6.07) is 22.8. The van der Waals surface area contributed by atoms with Gasteiger partial charge in [-0.25, -0.2) is 4.98 Å². The Labute approximate surface area is 165 Å². The number of pyridine rings is 1. The standard InChI is InChI=1S/C23H24N2O3/c1-2-18(19-8-4-3-5-9-19)16-25-22(26)17-27-20-11-13-21(14-12-20)28-23-10-6-7-15-24-23/h3-15,18H,2,16-17H2,1H3,(H,25,26). The zero-order valence-corrected chi connectivity index (χ0v) is 15.9. The second-order valence-corrected chi connectivity index (χ2v) is 6.35. The number of aromatic nitrogens is 1. The van der Waals surface area contributed by atoms with Gasteiger partial charge in [-0.05, 0) is 42.3 Å². The van der Waals surface area contributed by atoms with Crippen LogP contribution in [0.1, 0.15) is 24.8 Å². The Morgan fingerprint density at radius 2 is 1.68 bits per heavy atom. The highest BCUT2D eigenvalue weighted by Gasteiger charge is 2.11. The van der Waals surface area contributed by atoms with Crippen LogP contribution < -0.4 is 14.8 Å². The zero-order valence-electron chi connectivity index (χ0n) is 15.9. The monoisotopic (exact) mass is 376 g/mol. The number of carbonyl (C=O) groups excluding carboxylic acids is 1. The van der Waals surface area contributed by atoms with E-state index in [9.17, 15) is 4.79 Å². The van der Waals surface area contributed by atoms with Gasteiger partial charge in [-0.3, -0.25) is 4.79 Å². The van der Waals surface area contributed by atoms with Gasteiger partial charge in [-0.15, -0.1) is 0 Å². The van der Waals surface area contributed by atoms with Gasteiger partial charge in [0.25, 0.3) is 5.91 Å². The van der Waals surface area contributed by atoms with E-state index in [1.165, 1.54) is 5.56 Å². The normalized spacial score (nSPS) is 11.5. The highest BCUT2D eigenvalue weighted by atomic mass is 16.5. The topological polar surface area (TPSA) is 60.5 Å². The van der Waals surface area contributed by atoms with E-state index >= 15 is 0 Å². The van der Waals surface area contributed by atoms with Gasteiger partial charge in [-0.1, -0.05) is 43.3 Å². The van der Waals surface area contributed by atoms with Crippen LogP contribution in [0.3, 0.4) is 0 Å². The maximum atomic E-state index is 12.1. The predicted molar refractivity (Wildman–Crippen MR) is 109 cm³/mol. The molecule has 0 aliphatic heterocycles. The molecule has 3 rings (SSSR count). The maximum absolute atomic E-state index is 12.1. The Morgan fingerprint density at radius 3 is 2.36 bits per heavy atom. The van der Waals surface area contributed by atoms with Crippen molar-refractivity contribution in [2.75, 3.05) is 13.2 Å². The number of rotatable bonds is 9. The number of nitrogens with zero attached hydrogens (tertiary/aromatic N) is 1. The van der Waals surface area contributed by atoms with Crippen LogP contribution in [0.5, 0.6) is 17.4 Å². The van der Waals surface area contributed by atoms with E-state index in [4.69, 9.17) is 9.47 Å². The van der Waals surface area contributed by atoms with Crippen molar-refractivity contribution in [3.8, 4) is 17.4 Å². The molecule has 1 amide bonds. The molecule has 1 unspecified atom stereocenters. The van der Waals surface area contributed by atoms with Crippen molar-refractivity contribution in [1.29, 1.82) is 0 Å². The summed E-state index contributed by atoms with van der Waals surface area (Å²) in [5.74, 6) is 1.96. The number of nitrogens with one attached hydrogen (secondary N) is 1. The summed E-state index contributed by atoms with van der Waals surface area (Å²) < 4.78 is 11.2. The molecule has 5 heteroatoms. The molecule has 1 atom stereocenters. The van der Waals surface area contributed by atoms with Gasteiger partial charge >= 0.3 is 0 Å². The SMILES string of the molecule is CCC(CNC(=O)COc1ccc(Oc2ccccn2)cc1)c1ccccc1. The number of hydrogen-bond donors (Lipinski definition) is 1. The molecule has 0 aliphatic rings. The molecule has 0 fully saturated rings. The minimum Gasteiger partial charge on any atom is -0.484 e. The fourth-order valence-electron chi connectivity index (χ4n) is 2.79. The first-order chi connectivity index (χ1) is 13.7. The van der Waals surface area contributed by atoms with E-state index in [2.05, 4.69) is 29.4 Å². The first-order valence-corrected chi connectivity index (χ1v) is 9.38. The minimum absolute atomic E-state index is 0.0222. The number of hydrogen-bond acceptors (Lipinski definition) is 4. The summed E-state index contributed by atoms with van der Waals surface area (Å²) >= 11 is 0. The largest absolute Gasteiger partial charge is 0.484 e. The lowest BCUT2D eigenvalue weighted by Crippen LogP contribution is -2.32. The molecule has 0 radical (unpaired) electrons. The average molecular weight is 376 g/mol. The van der Waals surface area contributed by atoms with Gasteiger partial charge in [-0.2, -0.15) is 0 Å². The lowest BCUT2D eigenvalue weighted by molar-refractivity contribution is -0.123. The molecule has 0 saturated heterocycles. The number of carbonyl (C=O) groups is 1. The molecule has 1 aromatic heterocycles. The Morgan fingerprint density at radius 1 is 0.964 bits per heavy atom. The summed E-state index contributed by atoms with van der Waals surface area (Å²) in [7, 11) is 0. The lowest BCUT2D eigenvalue weighted by Gasteiger charge is -2.16. The Bertz CT molecular complexity index is 852. The molecule has 3 aromatic rings. The van der Waals surface area contributed by atoms with Gasteiger partial charge in [0.15, 0.2) is 6.61 Å². The van der Waals surface area contributed by atoms with Crippen LogP contribution in [0.15, 0.2) is 79.0 Å². The van der Waals surface area contributed by atoms with Crippen molar-refractivity contribution < 1.29 is 14.3 Å². The third-order valence-electron chi connectivity index (χ3n) is 4.36. The summed E-state index contributed by atoms with van der Waals surface area (Å²) in [5.41, 5.74) is 1.23. The second-order valence-electron chi connectivity index (χ2n) is 6.35.